The first kappa shape index (κ1) is 15.2. The highest BCUT2D eigenvalue weighted by Gasteiger charge is 2.17. The molecule has 1 nitrogen and oxygen atoms in total. The first-order chi connectivity index (χ1) is 11.2. The molecule has 3 aromatic carbocycles. The van der Waals surface area contributed by atoms with Gasteiger partial charge in [0.2, 0.25) is 0 Å². The standard InChI is InChI=1S/C22H20O/c1-17(23)22(21-10-6-3-7-11-21)16-18-12-14-20(15-13-18)19-8-4-2-5-9-19/h2-15,22H,16H2,1H3/t22-/m0/s1. The molecule has 0 aliphatic carbocycles. The summed E-state index contributed by atoms with van der Waals surface area (Å²) in [4.78, 5) is 12.0. The van der Waals surface area contributed by atoms with E-state index in [0.29, 0.717) is 0 Å². The molecule has 0 amide bonds. The fourth-order valence-corrected chi connectivity index (χ4v) is 2.88. The van der Waals surface area contributed by atoms with E-state index in [9.17, 15) is 4.79 Å². The quantitative estimate of drug-likeness (QED) is 0.627. The minimum absolute atomic E-state index is 0.0706. The van der Waals surface area contributed by atoms with Crippen LogP contribution in [0.3, 0.4) is 0 Å². The summed E-state index contributed by atoms with van der Waals surface area (Å²) in [5.41, 5.74) is 4.69. The van der Waals surface area contributed by atoms with Crippen LogP contribution in [0.2, 0.25) is 0 Å². The summed E-state index contributed by atoms with van der Waals surface area (Å²) in [7, 11) is 0. The maximum Gasteiger partial charge on any atom is 0.137 e. The van der Waals surface area contributed by atoms with Crippen molar-refractivity contribution in [2.45, 2.75) is 19.3 Å². The van der Waals surface area contributed by atoms with Crippen LogP contribution in [0.15, 0.2) is 84.9 Å². The topological polar surface area (TPSA) is 17.1 Å². The van der Waals surface area contributed by atoms with Gasteiger partial charge in [-0.05, 0) is 35.6 Å². The Balaban J connectivity index is 1.80. The molecule has 1 atom stereocenters. The molecule has 0 fully saturated rings. The van der Waals surface area contributed by atoms with E-state index in [4.69, 9.17) is 0 Å². The van der Waals surface area contributed by atoms with E-state index >= 15 is 0 Å². The highest BCUT2D eigenvalue weighted by atomic mass is 16.1. The molecule has 0 aliphatic heterocycles. The number of ketones is 1. The number of hydrogen-bond acceptors (Lipinski definition) is 1. The second-order valence-electron chi connectivity index (χ2n) is 5.84. The molecule has 0 aromatic heterocycles. The van der Waals surface area contributed by atoms with Crippen LogP contribution in [0.1, 0.15) is 24.0 Å². The molecule has 3 aromatic rings. The third kappa shape index (κ3) is 3.75. The monoisotopic (exact) mass is 300 g/mol. The normalized spacial score (nSPS) is 11.9. The van der Waals surface area contributed by atoms with E-state index in [1.165, 1.54) is 16.7 Å². The molecule has 0 spiro atoms. The molecule has 0 N–H and O–H groups in total. The van der Waals surface area contributed by atoms with Crippen LogP contribution in [0, 0.1) is 0 Å². The molecular formula is C22H20O. The summed E-state index contributed by atoms with van der Waals surface area (Å²) in [6, 6.07) is 28.9. The van der Waals surface area contributed by atoms with Crippen molar-refractivity contribution < 1.29 is 4.79 Å². The summed E-state index contributed by atoms with van der Waals surface area (Å²) >= 11 is 0. The van der Waals surface area contributed by atoms with Gasteiger partial charge < -0.3 is 0 Å². The minimum Gasteiger partial charge on any atom is -0.299 e. The zero-order valence-electron chi connectivity index (χ0n) is 13.3. The van der Waals surface area contributed by atoms with Gasteiger partial charge in [-0.15, -0.1) is 0 Å². The Morgan fingerprint density at radius 2 is 1.26 bits per heavy atom. The number of Topliss-reactive ketones (excluding diaryl/α,β-unsaturated/α-hetero) is 1. The van der Waals surface area contributed by atoms with E-state index in [1.807, 2.05) is 48.5 Å². The summed E-state index contributed by atoms with van der Waals surface area (Å²) in [5.74, 6) is 0.141. The van der Waals surface area contributed by atoms with Crippen molar-refractivity contribution in [3.05, 3.63) is 96.1 Å². The molecule has 0 saturated heterocycles. The Labute approximate surface area is 137 Å². The van der Waals surface area contributed by atoms with Gasteiger partial charge in [0.25, 0.3) is 0 Å². The van der Waals surface area contributed by atoms with E-state index in [-0.39, 0.29) is 11.7 Å². The van der Waals surface area contributed by atoms with Crippen molar-refractivity contribution in [3.63, 3.8) is 0 Å². The van der Waals surface area contributed by atoms with Gasteiger partial charge in [-0.3, -0.25) is 4.79 Å². The SMILES string of the molecule is CC(=O)[C@H](Cc1ccc(-c2ccccc2)cc1)c1ccccc1. The van der Waals surface area contributed by atoms with Crippen molar-refractivity contribution in [2.24, 2.45) is 0 Å². The van der Waals surface area contributed by atoms with Gasteiger partial charge in [0, 0.05) is 5.92 Å². The minimum atomic E-state index is -0.0706. The van der Waals surface area contributed by atoms with E-state index < -0.39 is 0 Å². The lowest BCUT2D eigenvalue weighted by atomic mass is 9.88. The fourth-order valence-electron chi connectivity index (χ4n) is 2.88. The maximum atomic E-state index is 12.0. The van der Waals surface area contributed by atoms with Gasteiger partial charge in [0.1, 0.15) is 5.78 Å². The van der Waals surface area contributed by atoms with Crippen LogP contribution in [-0.4, -0.2) is 5.78 Å². The lowest BCUT2D eigenvalue weighted by molar-refractivity contribution is -0.118. The second kappa shape index (κ2) is 7.06. The van der Waals surface area contributed by atoms with Crippen LogP contribution in [0.4, 0.5) is 0 Å². The van der Waals surface area contributed by atoms with E-state index in [0.717, 1.165) is 12.0 Å². The zero-order chi connectivity index (χ0) is 16.1. The molecule has 0 aliphatic rings. The lowest BCUT2D eigenvalue weighted by Crippen LogP contribution is -2.11. The van der Waals surface area contributed by atoms with Gasteiger partial charge in [-0.2, -0.15) is 0 Å². The first-order valence-corrected chi connectivity index (χ1v) is 7.94. The van der Waals surface area contributed by atoms with Gasteiger partial charge in [-0.25, -0.2) is 0 Å². The van der Waals surface area contributed by atoms with E-state index in [1.54, 1.807) is 6.92 Å². The fraction of sp³-hybridized carbons (Fsp3) is 0.136. The van der Waals surface area contributed by atoms with Gasteiger partial charge in [0.05, 0.1) is 0 Å². The third-order valence-electron chi connectivity index (χ3n) is 4.19. The first-order valence-electron chi connectivity index (χ1n) is 7.94. The van der Waals surface area contributed by atoms with Gasteiger partial charge in [-0.1, -0.05) is 84.9 Å². The Kier molecular flexibility index (Phi) is 4.68. The van der Waals surface area contributed by atoms with Crippen molar-refractivity contribution >= 4 is 5.78 Å². The molecule has 3 rings (SSSR count). The largest absolute Gasteiger partial charge is 0.299 e. The Bertz CT molecular complexity index is 758. The predicted molar refractivity (Wildman–Crippen MR) is 95.4 cm³/mol. The number of rotatable bonds is 5. The van der Waals surface area contributed by atoms with Crippen LogP contribution in [0.25, 0.3) is 11.1 Å². The average molecular weight is 300 g/mol. The third-order valence-corrected chi connectivity index (χ3v) is 4.19. The summed E-state index contributed by atoms with van der Waals surface area (Å²) in [6.07, 6.45) is 0.744. The van der Waals surface area contributed by atoms with Crippen molar-refractivity contribution in [1.29, 1.82) is 0 Å². The second-order valence-corrected chi connectivity index (χ2v) is 5.84. The molecular weight excluding hydrogens is 280 g/mol. The lowest BCUT2D eigenvalue weighted by Gasteiger charge is -2.14. The molecule has 114 valence electrons. The summed E-state index contributed by atoms with van der Waals surface area (Å²) in [6.45, 7) is 1.68. The van der Waals surface area contributed by atoms with Crippen molar-refractivity contribution in [2.75, 3.05) is 0 Å². The summed E-state index contributed by atoms with van der Waals surface area (Å²) in [5, 5.41) is 0. The molecule has 1 heteroatoms. The molecule has 0 bridgehead atoms. The van der Waals surface area contributed by atoms with Crippen LogP contribution in [-0.2, 0) is 11.2 Å². The number of benzene rings is 3. The smallest absolute Gasteiger partial charge is 0.137 e. The van der Waals surface area contributed by atoms with Gasteiger partial charge >= 0.3 is 0 Å². The highest BCUT2D eigenvalue weighted by Crippen LogP contribution is 2.24. The van der Waals surface area contributed by atoms with Gasteiger partial charge in [0.15, 0.2) is 0 Å². The number of carbonyl (C=O) groups excluding carboxylic acids is 1. The molecule has 0 saturated carbocycles. The molecule has 0 unspecified atom stereocenters. The zero-order valence-corrected chi connectivity index (χ0v) is 13.3. The van der Waals surface area contributed by atoms with Crippen LogP contribution < -0.4 is 0 Å². The maximum absolute atomic E-state index is 12.0. The van der Waals surface area contributed by atoms with Crippen molar-refractivity contribution in [1.82, 2.24) is 0 Å². The summed E-state index contributed by atoms with van der Waals surface area (Å²) < 4.78 is 0. The van der Waals surface area contributed by atoms with Crippen LogP contribution >= 0.6 is 0 Å². The average Bonchev–Trinajstić information content (AvgIpc) is 2.61. The molecule has 0 radical (unpaired) electrons. The molecule has 23 heavy (non-hydrogen) atoms. The Hall–Kier alpha value is -2.67. The highest BCUT2D eigenvalue weighted by molar-refractivity contribution is 5.83. The van der Waals surface area contributed by atoms with Crippen LogP contribution in [0.5, 0.6) is 0 Å². The predicted octanol–water partition coefficient (Wildman–Crippen LogP) is 5.27. The number of hydrogen-bond donors (Lipinski definition) is 0. The Morgan fingerprint density at radius 1 is 0.739 bits per heavy atom. The van der Waals surface area contributed by atoms with Crippen molar-refractivity contribution in [3.8, 4) is 11.1 Å². The molecule has 0 heterocycles. The number of carbonyl (C=O) groups is 1. The Morgan fingerprint density at radius 3 is 1.83 bits per heavy atom. The van der Waals surface area contributed by atoms with E-state index in [2.05, 4.69) is 36.4 Å².